The number of nitrogen functional groups attached to an aromatic ring is 1. The van der Waals surface area contributed by atoms with Gasteiger partial charge in [-0.25, -0.2) is 0 Å². The smallest absolute Gasteiger partial charge is 0.145 e. The zero-order chi connectivity index (χ0) is 12.8. The Kier molecular flexibility index (Phi) is 5.22. The van der Waals surface area contributed by atoms with Gasteiger partial charge in [-0.15, -0.1) is 0 Å². The number of anilines is 1. The predicted molar refractivity (Wildman–Crippen MR) is 71.1 cm³/mol. The minimum atomic E-state index is 0.522. The summed E-state index contributed by atoms with van der Waals surface area (Å²) in [6.07, 6.45) is 3.30. The summed E-state index contributed by atoms with van der Waals surface area (Å²) in [7, 11) is 0. The number of ether oxygens (including phenoxy) is 1. The summed E-state index contributed by atoms with van der Waals surface area (Å²) >= 11 is 0. The Morgan fingerprint density at radius 3 is 2.47 bits per heavy atom. The molecule has 96 valence electrons. The number of pyridine rings is 1. The molecular formula is C13H23N3O. The van der Waals surface area contributed by atoms with Crippen LogP contribution in [-0.4, -0.2) is 35.1 Å². The maximum atomic E-state index is 5.76. The van der Waals surface area contributed by atoms with Gasteiger partial charge in [0.1, 0.15) is 12.4 Å². The molecular weight excluding hydrogens is 214 g/mol. The monoisotopic (exact) mass is 237 g/mol. The van der Waals surface area contributed by atoms with Crippen molar-refractivity contribution in [3.05, 3.63) is 18.5 Å². The van der Waals surface area contributed by atoms with Crippen LogP contribution in [0.25, 0.3) is 0 Å². The van der Waals surface area contributed by atoms with Crippen molar-refractivity contribution in [3.8, 4) is 5.75 Å². The topological polar surface area (TPSA) is 51.4 Å². The predicted octanol–water partition coefficient (Wildman–Crippen LogP) is 2.16. The van der Waals surface area contributed by atoms with Gasteiger partial charge >= 0.3 is 0 Å². The molecule has 0 bridgehead atoms. The van der Waals surface area contributed by atoms with Crippen LogP contribution in [0, 0.1) is 0 Å². The van der Waals surface area contributed by atoms with E-state index in [0.29, 0.717) is 30.1 Å². The molecule has 0 aliphatic heterocycles. The molecule has 1 aromatic heterocycles. The van der Waals surface area contributed by atoms with Crippen LogP contribution in [0.1, 0.15) is 27.7 Å². The summed E-state index contributed by atoms with van der Waals surface area (Å²) < 4.78 is 5.66. The zero-order valence-corrected chi connectivity index (χ0v) is 11.2. The van der Waals surface area contributed by atoms with Crippen molar-refractivity contribution >= 4 is 5.69 Å². The maximum absolute atomic E-state index is 5.76. The van der Waals surface area contributed by atoms with Crippen LogP contribution in [0.3, 0.4) is 0 Å². The Hall–Kier alpha value is -1.29. The largest absolute Gasteiger partial charge is 0.490 e. The molecule has 0 radical (unpaired) electrons. The van der Waals surface area contributed by atoms with E-state index in [0.717, 1.165) is 6.54 Å². The van der Waals surface area contributed by atoms with Gasteiger partial charge in [-0.05, 0) is 27.7 Å². The molecule has 0 saturated carbocycles. The minimum absolute atomic E-state index is 0.522. The van der Waals surface area contributed by atoms with E-state index in [1.54, 1.807) is 18.5 Å². The summed E-state index contributed by atoms with van der Waals surface area (Å²) in [5.74, 6) is 0.715. The van der Waals surface area contributed by atoms with Crippen LogP contribution in [0.2, 0.25) is 0 Å². The first-order valence-electron chi connectivity index (χ1n) is 6.10. The SMILES string of the molecule is CC(C)N(CCOc1ccncc1N)C(C)C. The third-order valence-corrected chi connectivity index (χ3v) is 2.74. The van der Waals surface area contributed by atoms with Gasteiger partial charge < -0.3 is 10.5 Å². The Labute approximate surface area is 104 Å². The van der Waals surface area contributed by atoms with Gasteiger partial charge in [0, 0.05) is 30.9 Å². The lowest BCUT2D eigenvalue weighted by Crippen LogP contribution is -2.39. The number of nitrogens with two attached hydrogens (primary N) is 1. The second-order valence-corrected chi connectivity index (χ2v) is 4.69. The fourth-order valence-corrected chi connectivity index (χ4v) is 1.90. The molecule has 0 aliphatic rings. The van der Waals surface area contributed by atoms with E-state index in [1.165, 1.54) is 0 Å². The van der Waals surface area contributed by atoms with Crippen LogP contribution in [-0.2, 0) is 0 Å². The van der Waals surface area contributed by atoms with E-state index < -0.39 is 0 Å². The van der Waals surface area contributed by atoms with E-state index in [9.17, 15) is 0 Å². The molecule has 4 heteroatoms. The first kappa shape index (κ1) is 13.8. The van der Waals surface area contributed by atoms with Gasteiger partial charge in [0.2, 0.25) is 0 Å². The molecule has 0 aliphatic carbocycles. The van der Waals surface area contributed by atoms with E-state index in [4.69, 9.17) is 10.5 Å². The maximum Gasteiger partial charge on any atom is 0.145 e. The first-order valence-corrected chi connectivity index (χ1v) is 6.10. The summed E-state index contributed by atoms with van der Waals surface area (Å²) in [6, 6.07) is 2.84. The molecule has 1 aromatic rings. The summed E-state index contributed by atoms with van der Waals surface area (Å²) in [5, 5.41) is 0. The number of hydrogen-bond donors (Lipinski definition) is 1. The Morgan fingerprint density at radius 1 is 1.29 bits per heavy atom. The van der Waals surface area contributed by atoms with Crippen LogP contribution >= 0.6 is 0 Å². The molecule has 0 saturated heterocycles. The van der Waals surface area contributed by atoms with E-state index in [2.05, 4.69) is 37.6 Å². The molecule has 0 spiro atoms. The highest BCUT2D eigenvalue weighted by Crippen LogP contribution is 2.18. The van der Waals surface area contributed by atoms with Gasteiger partial charge in [0.25, 0.3) is 0 Å². The van der Waals surface area contributed by atoms with E-state index in [1.807, 2.05) is 0 Å². The highest BCUT2D eigenvalue weighted by Gasteiger charge is 2.13. The van der Waals surface area contributed by atoms with Crippen molar-refractivity contribution in [2.45, 2.75) is 39.8 Å². The van der Waals surface area contributed by atoms with Gasteiger partial charge in [0.15, 0.2) is 0 Å². The summed E-state index contributed by atoms with van der Waals surface area (Å²) in [5.41, 5.74) is 6.35. The lowest BCUT2D eigenvalue weighted by molar-refractivity contribution is 0.142. The summed E-state index contributed by atoms with van der Waals surface area (Å²) in [6.45, 7) is 10.3. The van der Waals surface area contributed by atoms with Crippen molar-refractivity contribution in [3.63, 3.8) is 0 Å². The second-order valence-electron chi connectivity index (χ2n) is 4.69. The van der Waals surface area contributed by atoms with Gasteiger partial charge in [0.05, 0.1) is 11.9 Å². The minimum Gasteiger partial charge on any atom is -0.490 e. The molecule has 4 nitrogen and oxygen atoms in total. The van der Waals surface area contributed by atoms with Gasteiger partial charge in [-0.1, -0.05) is 0 Å². The lowest BCUT2D eigenvalue weighted by Gasteiger charge is -2.30. The molecule has 2 N–H and O–H groups in total. The summed E-state index contributed by atoms with van der Waals surface area (Å²) in [4.78, 5) is 6.32. The number of rotatable bonds is 6. The zero-order valence-electron chi connectivity index (χ0n) is 11.2. The van der Waals surface area contributed by atoms with Crippen molar-refractivity contribution in [2.75, 3.05) is 18.9 Å². The number of hydrogen-bond acceptors (Lipinski definition) is 4. The number of aromatic nitrogens is 1. The average molecular weight is 237 g/mol. The van der Waals surface area contributed by atoms with Crippen LogP contribution in [0.15, 0.2) is 18.5 Å². The van der Waals surface area contributed by atoms with Crippen LogP contribution < -0.4 is 10.5 Å². The standard InChI is InChI=1S/C13H23N3O/c1-10(2)16(11(3)4)7-8-17-13-5-6-15-9-12(13)14/h5-6,9-11H,7-8,14H2,1-4H3. The second kappa shape index (κ2) is 6.45. The third-order valence-electron chi connectivity index (χ3n) is 2.74. The van der Waals surface area contributed by atoms with Crippen molar-refractivity contribution in [1.82, 2.24) is 9.88 Å². The van der Waals surface area contributed by atoms with E-state index >= 15 is 0 Å². The van der Waals surface area contributed by atoms with Crippen LogP contribution in [0.5, 0.6) is 5.75 Å². The molecule has 1 heterocycles. The van der Waals surface area contributed by atoms with Gasteiger partial charge in [-0.3, -0.25) is 9.88 Å². The molecule has 17 heavy (non-hydrogen) atoms. The van der Waals surface area contributed by atoms with Crippen molar-refractivity contribution in [2.24, 2.45) is 0 Å². The number of nitrogens with zero attached hydrogens (tertiary/aromatic N) is 2. The van der Waals surface area contributed by atoms with Crippen molar-refractivity contribution < 1.29 is 4.74 Å². The molecule has 0 atom stereocenters. The Balaban J connectivity index is 2.44. The lowest BCUT2D eigenvalue weighted by atomic mass is 10.2. The van der Waals surface area contributed by atoms with Crippen LogP contribution in [0.4, 0.5) is 5.69 Å². The molecule has 0 fully saturated rings. The quantitative estimate of drug-likeness (QED) is 0.823. The fourth-order valence-electron chi connectivity index (χ4n) is 1.90. The normalized spacial score (nSPS) is 11.5. The highest BCUT2D eigenvalue weighted by atomic mass is 16.5. The molecule has 0 amide bonds. The van der Waals surface area contributed by atoms with E-state index in [-0.39, 0.29) is 0 Å². The molecule has 0 aromatic carbocycles. The Morgan fingerprint density at radius 2 is 1.94 bits per heavy atom. The highest BCUT2D eigenvalue weighted by molar-refractivity contribution is 5.49. The van der Waals surface area contributed by atoms with Crippen molar-refractivity contribution in [1.29, 1.82) is 0 Å². The first-order chi connectivity index (χ1) is 8.02. The van der Waals surface area contributed by atoms with Gasteiger partial charge in [-0.2, -0.15) is 0 Å². The average Bonchev–Trinajstić information content (AvgIpc) is 2.25. The molecule has 0 unspecified atom stereocenters. The molecule has 1 rings (SSSR count). The Bertz CT molecular complexity index is 331. The third kappa shape index (κ3) is 4.23. The fraction of sp³-hybridized carbons (Fsp3) is 0.615.